The first-order valence-corrected chi connectivity index (χ1v) is 24.7. The summed E-state index contributed by atoms with van der Waals surface area (Å²) >= 11 is 6.36. The van der Waals surface area contributed by atoms with Crippen molar-refractivity contribution >= 4 is 64.2 Å². The molecular formula is C53H54ClF2N9O8. The van der Waals surface area contributed by atoms with Crippen molar-refractivity contribution in [3.8, 4) is 11.3 Å². The molecule has 1 atom stereocenters. The molecule has 9 rings (SSSR count). The standard InChI is InChI=1S/C53H54ClF2N9O8/c54-34-6-14-40-41(27-34)49(47-42(55)2-1-3-43(47)56)58-28-33-29-59-53(64-48(33)40)62-37-7-4-31(5-8-37)50(68)61-36-11-9-35(10-12-36)57-19-21-72-23-25-73-24-22-71-20-18-46(67)60-38-13-15-39-32(26-38)30-65(52(39)70)44-16-17-45(66)63-51(44)69/h1-8,13-15,26-27,29,35-36,44,57H,9-12,16-25,28,30H2,(H,60,67)(H,61,68)(H,59,62,64)(H,63,66,69)/t35-,36+,44?. The highest BCUT2D eigenvalue weighted by Gasteiger charge is 2.39. The van der Waals surface area contributed by atoms with Crippen LogP contribution in [-0.4, -0.2) is 114 Å². The molecule has 1 aliphatic carbocycles. The van der Waals surface area contributed by atoms with Gasteiger partial charge in [0.2, 0.25) is 23.7 Å². The van der Waals surface area contributed by atoms with Crippen LogP contribution in [0.1, 0.15) is 87.9 Å². The number of carbonyl (C=O) groups excluding carboxylic acids is 5. The van der Waals surface area contributed by atoms with Crippen LogP contribution < -0.4 is 26.6 Å². The van der Waals surface area contributed by atoms with E-state index in [9.17, 15) is 32.8 Å². The van der Waals surface area contributed by atoms with E-state index in [1.807, 2.05) is 0 Å². The second-order valence-electron chi connectivity index (χ2n) is 18.1. The Morgan fingerprint density at radius 3 is 2.22 bits per heavy atom. The molecule has 1 aromatic heterocycles. The van der Waals surface area contributed by atoms with Crippen LogP contribution in [-0.2, 0) is 41.7 Å². The summed E-state index contributed by atoms with van der Waals surface area (Å²) in [5, 5.41) is 15.4. The molecule has 2 fully saturated rings. The SMILES string of the molecule is O=C1CCC(N2Cc3cc(NC(=O)CCOCCOCCOCCN[C@H]4CC[C@@H](NC(=O)c5ccc(Nc6ncc7c(n6)-c6ccc(Cl)cc6C(c6c(F)cccc6F)=NC7)cc5)CC4)ccc3C2=O)C(=O)N1. The van der Waals surface area contributed by atoms with E-state index in [1.54, 1.807) is 66.9 Å². The summed E-state index contributed by atoms with van der Waals surface area (Å²) in [4.78, 5) is 77.8. The quantitative estimate of drug-likeness (QED) is 0.0410. The summed E-state index contributed by atoms with van der Waals surface area (Å²) in [6.45, 7) is 3.29. The molecule has 20 heteroatoms. The molecule has 0 bridgehead atoms. The lowest BCUT2D eigenvalue weighted by Gasteiger charge is -2.29. The fraction of sp³-hybridized carbons (Fsp3) is 0.358. The lowest BCUT2D eigenvalue weighted by Crippen LogP contribution is -2.52. The number of imide groups is 1. The van der Waals surface area contributed by atoms with E-state index in [4.69, 9.17) is 30.8 Å². The first-order valence-electron chi connectivity index (χ1n) is 24.3. The Labute approximate surface area is 424 Å². The highest BCUT2D eigenvalue weighted by Crippen LogP contribution is 2.35. The second kappa shape index (κ2) is 23.7. The summed E-state index contributed by atoms with van der Waals surface area (Å²) < 4.78 is 46.8. The number of amides is 5. The zero-order chi connectivity index (χ0) is 50.8. The van der Waals surface area contributed by atoms with E-state index >= 15 is 0 Å². The van der Waals surface area contributed by atoms with Crippen molar-refractivity contribution in [2.45, 2.75) is 76.2 Å². The third-order valence-corrected chi connectivity index (χ3v) is 13.4. The minimum absolute atomic E-state index is 0.0652. The van der Waals surface area contributed by atoms with Crippen LogP contribution in [0.2, 0.25) is 5.02 Å². The van der Waals surface area contributed by atoms with Crippen LogP contribution in [0.4, 0.5) is 26.1 Å². The molecule has 1 saturated carbocycles. The van der Waals surface area contributed by atoms with Gasteiger partial charge < -0.3 is 40.4 Å². The van der Waals surface area contributed by atoms with Crippen molar-refractivity contribution in [2.75, 3.05) is 56.8 Å². The number of aliphatic imine (C=N–C) groups is 1. The molecule has 4 heterocycles. The van der Waals surface area contributed by atoms with Crippen LogP contribution in [0.25, 0.3) is 11.3 Å². The Balaban J connectivity index is 0.613. The molecule has 4 aromatic carbocycles. The van der Waals surface area contributed by atoms with Gasteiger partial charge >= 0.3 is 0 Å². The molecule has 3 aliphatic heterocycles. The van der Waals surface area contributed by atoms with Crippen LogP contribution in [0, 0.1) is 11.6 Å². The van der Waals surface area contributed by atoms with Gasteiger partial charge in [-0.2, -0.15) is 0 Å². The first-order chi connectivity index (χ1) is 35.5. The van der Waals surface area contributed by atoms with Crippen molar-refractivity contribution in [3.63, 3.8) is 0 Å². The molecule has 5 aromatic rings. The minimum atomic E-state index is -0.732. The molecule has 5 N–H and O–H groups in total. The largest absolute Gasteiger partial charge is 0.379 e. The van der Waals surface area contributed by atoms with Crippen molar-refractivity contribution in [1.82, 2.24) is 30.8 Å². The number of carbonyl (C=O) groups is 5. The molecule has 4 aliphatic rings. The Kier molecular flexibility index (Phi) is 16.5. The third-order valence-electron chi connectivity index (χ3n) is 13.1. The predicted molar refractivity (Wildman–Crippen MR) is 268 cm³/mol. The number of fused-ring (bicyclic) bond motifs is 4. The van der Waals surface area contributed by atoms with Crippen LogP contribution in [0.3, 0.4) is 0 Å². The number of hydrogen-bond donors (Lipinski definition) is 5. The number of rotatable bonds is 20. The maximum absolute atomic E-state index is 15.0. The number of piperidine rings is 1. The Bertz CT molecular complexity index is 2900. The highest BCUT2D eigenvalue weighted by molar-refractivity contribution is 6.31. The van der Waals surface area contributed by atoms with E-state index in [0.29, 0.717) is 107 Å². The molecule has 73 heavy (non-hydrogen) atoms. The van der Waals surface area contributed by atoms with Crippen molar-refractivity contribution in [1.29, 1.82) is 0 Å². The molecule has 5 amide bonds. The molecule has 380 valence electrons. The number of hydrogen-bond acceptors (Lipinski definition) is 13. The minimum Gasteiger partial charge on any atom is -0.379 e. The number of nitrogens with one attached hydrogen (secondary N) is 5. The molecule has 1 saturated heterocycles. The number of nitrogens with zero attached hydrogens (tertiary/aromatic N) is 4. The van der Waals surface area contributed by atoms with Crippen molar-refractivity contribution in [3.05, 3.63) is 135 Å². The number of aromatic nitrogens is 2. The predicted octanol–water partition coefficient (Wildman–Crippen LogP) is 6.64. The van der Waals surface area contributed by atoms with Gasteiger partial charge in [0.25, 0.3) is 11.8 Å². The zero-order valence-corrected chi connectivity index (χ0v) is 40.6. The van der Waals surface area contributed by atoms with Crippen LogP contribution >= 0.6 is 11.6 Å². The maximum atomic E-state index is 15.0. The van der Waals surface area contributed by atoms with Gasteiger partial charge in [-0.15, -0.1) is 0 Å². The summed E-state index contributed by atoms with van der Waals surface area (Å²) in [6.07, 6.45) is 5.78. The number of halogens is 3. The van der Waals surface area contributed by atoms with Gasteiger partial charge in [0.15, 0.2) is 0 Å². The Morgan fingerprint density at radius 2 is 1.47 bits per heavy atom. The van der Waals surface area contributed by atoms with Gasteiger partial charge in [0.1, 0.15) is 17.7 Å². The summed E-state index contributed by atoms with van der Waals surface area (Å²) in [6, 6.07) is 20.5. The fourth-order valence-corrected chi connectivity index (χ4v) is 9.56. The Hall–Kier alpha value is -7.03. The van der Waals surface area contributed by atoms with E-state index in [-0.39, 0.29) is 79.9 Å². The fourth-order valence-electron chi connectivity index (χ4n) is 9.38. The van der Waals surface area contributed by atoms with Gasteiger partial charge in [-0.1, -0.05) is 23.7 Å². The number of ether oxygens (including phenoxy) is 3. The van der Waals surface area contributed by atoms with Crippen LogP contribution in [0.15, 0.2) is 90.1 Å². The van der Waals surface area contributed by atoms with E-state index < -0.39 is 23.6 Å². The van der Waals surface area contributed by atoms with Crippen molar-refractivity contribution < 1.29 is 47.0 Å². The second-order valence-corrected chi connectivity index (χ2v) is 18.5. The summed E-state index contributed by atoms with van der Waals surface area (Å²) in [7, 11) is 0. The van der Waals surface area contributed by atoms with Gasteiger partial charge in [0.05, 0.1) is 69.6 Å². The van der Waals surface area contributed by atoms with Gasteiger partial charge in [0, 0.05) is 82.0 Å². The summed E-state index contributed by atoms with van der Waals surface area (Å²) in [5.41, 5.74) is 5.10. The molecule has 17 nitrogen and oxygen atoms in total. The van der Waals surface area contributed by atoms with Gasteiger partial charge in [-0.25, -0.2) is 18.7 Å². The number of benzene rings is 4. The number of anilines is 3. The lowest BCUT2D eigenvalue weighted by atomic mass is 9.91. The zero-order valence-electron chi connectivity index (χ0n) is 39.8. The van der Waals surface area contributed by atoms with Gasteiger partial charge in [-0.3, -0.25) is 34.3 Å². The molecule has 0 radical (unpaired) electrons. The van der Waals surface area contributed by atoms with E-state index in [2.05, 4.69) is 36.6 Å². The lowest BCUT2D eigenvalue weighted by molar-refractivity contribution is -0.137. The average Bonchev–Trinajstić information content (AvgIpc) is 3.61. The molecule has 0 spiro atoms. The van der Waals surface area contributed by atoms with E-state index in [0.717, 1.165) is 25.7 Å². The first kappa shape index (κ1) is 50.9. The summed E-state index contributed by atoms with van der Waals surface area (Å²) in [5.74, 6) is -2.64. The van der Waals surface area contributed by atoms with E-state index in [1.165, 1.54) is 23.1 Å². The Morgan fingerprint density at radius 1 is 0.767 bits per heavy atom. The molecular weight excluding hydrogens is 964 g/mol. The monoisotopic (exact) mass is 1020 g/mol. The topological polar surface area (TPSA) is 215 Å². The molecule has 1 unspecified atom stereocenters. The third kappa shape index (κ3) is 12.6. The van der Waals surface area contributed by atoms with Gasteiger partial charge in [-0.05, 0) is 104 Å². The van der Waals surface area contributed by atoms with Crippen LogP contribution in [0.5, 0.6) is 0 Å². The maximum Gasteiger partial charge on any atom is 0.255 e. The highest BCUT2D eigenvalue weighted by atomic mass is 35.5. The average molecular weight is 1020 g/mol. The normalized spacial score (nSPS) is 18.2. The van der Waals surface area contributed by atoms with Crippen molar-refractivity contribution in [2.24, 2.45) is 4.99 Å². The smallest absolute Gasteiger partial charge is 0.255 e.